The van der Waals surface area contributed by atoms with Crippen LogP contribution >= 0.6 is 0 Å². The van der Waals surface area contributed by atoms with Crippen molar-refractivity contribution < 1.29 is 0 Å². The third-order valence-electron chi connectivity index (χ3n) is 4.40. The summed E-state index contributed by atoms with van der Waals surface area (Å²) in [6.45, 7) is 13.9. The number of rotatable bonds is 4. The zero-order valence-electron chi connectivity index (χ0n) is 12.6. The summed E-state index contributed by atoms with van der Waals surface area (Å²) in [5.41, 5.74) is 0.597. The second-order valence-electron chi connectivity index (χ2n) is 7.12. The second-order valence-corrected chi connectivity index (χ2v) is 7.12. The quantitative estimate of drug-likeness (QED) is 0.591. The number of hydrogen-bond donors (Lipinski definition) is 0. The molecule has 1 atom stereocenters. The molecule has 98 valence electrons. The molecule has 0 spiro atoms. The minimum absolute atomic E-state index is 0.530. The molecule has 1 fully saturated rings. The van der Waals surface area contributed by atoms with Crippen LogP contribution in [0.15, 0.2) is 0 Å². The van der Waals surface area contributed by atoms with Crippen molar-refractivity contribution in [2.75, 3.05) is 0 Å². The lowest BCUT2D eigenvalue weighted by Crippen LogP contribution is -2.34. The van der Waals surface area contributed by atoms with Crippen LogP contribution < -0.4 is 0 Å². The van der Waals surface area contributed by atoms with Crippen molar-refractivity contribution in [3.05, 3.63) is 0 Å². The summed E-state index contributed by atoms with van der Waals surface area (Å²) in [5, 5.41) is 0. The molecular formula is C17H30. The summed E-state index contributed by atoms with van der Waals surface area (Å²) >= 11 is 0. The summed E-state index contributed by atoms with van der Waals surface area (Å²) in [6.07, 6.45) is 5.44. The van der Waals surface area contributed by atoms with Gasteiger partial charge in [-0.2, -0.15) is 0 Å². The molecular weight excluding hydrogens is 204 g/mol. The van der Waals surface area contributed by atoms with Crippen LogP contribution in [0.25, 0.3) is 0 Å². The Morgan fingerprint density at radius 1 is 1.12 bits per heavy atom. The van der Waals surface area contributed by atoms with Gasteiger partial charge in [-0.25, -0.2) is 0 Å². The highest BCUT2D eigenvalue weighted by Crippen LogP contribution is 2.49. The molecule has 0 aromatic heterocycles. The van der Waals surface area contributed by atoms with Crippen LogP contribution in [0.2, 0.25) is 0 Å². The van der Waals surface area contributed by atoms with Crippen molar-refractivity contribution in [1.82, 2.24) is 0 Å². The first-order valence-electron chi connectivity index (χ1n) is 7.33. The fourth-order valence-electron chi connectivity index (χ4n) is 2.63. The Morgan fingerprint density at radius 3 is 2.18 bits per heavy atom. The molecule has 0 aromatic rings. The minimum Gasteiger partial charge on any atom is -0.100 e. The lowest BCUT2D eigenvalue weighted by Gasteiger charge is -2.44. The molecule has 17 heavy (non-hydrogen) atoms. The maximum Gasteiger partial charge on any atom is 0.0213 e. The molecule has 0 bridgehead atoms. The molecule has 0 nitrogen and oxygen atoms in total. The van der Waals surface area contributed by atoms with Gasteiger partial charge in [0.1, 0.15) is 0 Å². The Bertz CT molecular complexity index is 281. The van der Waals surface area contributed by atoms with Crippen LogP contribution in [0.1, 0.15) is 67.2 Å². The summed E-state index contributed by atoms with van der Waals surface area (Å²) < 4.78 is 0. The van der Waals surface area contributed by atoms with Gasteiger partial charge in [0.15, 0.2) is 0 Å². The van der Waals surface area contributed by atoms with Gasteiger partial charge in [-0.3, -0.25) is 0 Å². The second kappa shape index (κ2) is 5.94. The van der Waals surface area contributed by atoms with Crippen LogP contribution in [-0.2, 0) is 0 Å². The Hall–Kier alpha value is -0.440. The zero-order chi connectivity index (χ0) is 13.1. The molecule has 1 unspecified atom stereocenters. The number of hydrogen-bond acceptors (Lipinski definition) is 0. The van der Waals surface area contributed by atoms with E-state index in [9.17, 15) is 0 Å². The van der Waals surface area contributed by atoms with Gasteiger partial charge in [0.2, 0.25) is 0 Å². The Balaban J connectivity index is 2.28. The molecule has 1 aliphatic rings. The maximum atomic E-state index is 3.43. The van der Waals surface area contributed by atoms with Crippen LogP contribution in [0.3, 0.4) is 0 Å². The van der Waals surface area contributed by atoms with Gasteiger partial charge in [0, 0.05) is 11.8 Å². The van der Waals surface area contributed by atoms with Gasteiger partial charge in [-0.15, -0.1) is 5.92 Å². The van der Waals surface area contributed by atoms with E-state index < -0.39 is 0 Å². The first-order chi connectivity index (χ1) is 7.82. The Labute approximate surface area is 109 Å². The van der Waals surface area contributed by atoms with E-state index in [1.807, 2.05) is 0 Å². The monoisotopic (exact) mass is 234 g/mol. The molecule has 1 saturated carbocycles. The third kappa shape index (κ3) is 4.74. The van der Waals surface area contributed by atoms with Crippen LogP contribution in [0, 0.1) is 40.9 Å². The normalized spacial score (nSPS) is 29.8. The van der Waals surface area contributed by atoms with E-state index in [1.165, 1.54) is 25.7 Å². The summed E-state index contributed by atoms with van der Waals surface area (Å²) in [5.74, 6) is 9.67. The lowest BCUT2D eigenvalue weighted by atomic mass is 9.60. The summed E-state index contributed by atoms with van der Waals surface area (Å²) in [6, 6.07) is 0. The van der Waals surface area contributed by atoms with Crippen LogP contribution in [0.4, 0.5) is 0 Å². The van der Waals surface area contributed by atoms with E-state index in [0.717, 1.165) is 11.8 Å². The molecule has 0 heterocycles. The predicted octanol–water partition coefficient (Wildman–Crippen LogP) is 5.13. The van der Waals surface area contributed by atoms with Crippen molar-refractivity contribution in [2.45, 2.75) is 67.2 Å². The van der Waals surface area contributed by atoms with E-state index in [2.05, 4.69) is 53.4 Å². The predicted molar refractivity (Wildman–Crippen MR) is 76.7 cm³/mol. The van der Waals surface area contributed by atoms with E-state index >= 15 is 0 Å². The van der Waals surface area contributed by atoms with Gasteiger partial charge in [0.25, 0.3) is 0 Å². The van der Waals surface area contributed by atoms with Crippen molar-refractivity contribution in [2.24, 2.45) is 29.1 Å². The minimum atomic E-state index is 0.530. The van der Waals surface area contributed by atoms with Crippen LogP contribution in [0.5, 0.6) is 0 Å². The summed E-state index contributed by atoms with van der Waals surface area (Å²) in [4.78, 5) is 0. The average molecular weight is 234 g/mol. The first-order valence-corrected chi connectivity index (χ1v) is 7.33. The highest BCUT2D eigenvalue weighted by molar-refractivity contribution is 5.11. The zero-order valence-corrected chi connectivity index (χ0v) is 12.6. The van der Waals surface area contributed by atoms with E-state index in [0.29, 0.717) is 17.3 Å². The first kappa shape index (κ1) is 14.6. The van der Waals surface area contributed by atoms with Crippen molar-refractivity contribution >= 4 is 0 Å². The molecule has 0 aromatic carbocycles. The van der Waals surface area contributed by atoms with Gasteiger partial charge >= 0.3 is 0 Å². The summed E-state index contributed by atoms with van der Waals surface area (Å²) in [7, 11) is 0. The molecule has 0 aliphatic heterocycles. The van der Waals surface area contributed by atoms with E-state index in [-0.39, 0.29) is 0 Å². The Morgan fingerprint density at radius 2 is 1.71 bits per heavy atom. The lowest BCUT2D eigenvalue weighted by molar-refractivity contribution is 0.0886. The van der Waals surface area contributed by atoms with Gasteiger partial charge in [-0.05, 0) is 42.9 Å². The van der Waals surface area contributed by atoms with Gasteiger partial charge < -0.3 is 0 Å². The van der Waals surface area contributed by atoms with E-state index in [4.69, 9.17) is 0 Å². The van der Waals surface area contributed by atoms with Gasteiger partial charge in [0.05, 0.1) is 0 Å². The molecule has 1 aliphatic carbocycles. The average Bonchev–Trinajstić information content (AvgIpc) is 2.19. The largest absolute Gasteiger partial charge is 0.100 e. The standard InChI is InChI=1S/C17H30/c1-13(2)7-8-16-11-17(6,12-16)10-9-15(5)14(3)4/h13-16H,9-12H2,1-6H3. The van der Waals surface area contributed by atoms with Gasteiger partial charge in [-0.1, -0.05) is 47.5 Å². The van der Waals surface area contributed by atoms with Crippen LogP contribution in [-0.4, -0.2) is 0 Å². The topological polar surface area (TPSA) is 0 Å². The van der Waals surface area contributed by atoms with Crippen molar-refractivity contribution in [1.29, 1.82) is 0 Å². The molecule has 0 amide bonds. The van der Waals surface area contributed by atoms with Crippen molar-refractivity contribution in [3.8, 4) is 11.8 Å². The molecule has 0 heteroatoms. The van der Waals surface area contributed by atoms with E-state index in [1.54, 1.807) is 0 Å². The SMILES string of the molecule is CC(C)C#CC1CC(C)(CCC(C)C(C)C)C1. The molecule has 0 saturated heterocycles. The third-order valence-corrected chi connectivity index (χ3v) is 4.40. The Kier molecular flexibility index (Phi) is 5.11. The molecule has 1 rings (SSSR count). The fraction of sp³-hybridized carbons (Fsp3) is 0.882. The molecule has 0 N–H and O–H groups in total. The van der Waals surface area contributed by atoms with Crippen molar-refractivity contribution in [3.63, 3.8) is 0 Å². The highest BCUT2D eigenvalue weighted by Gasteiger charge is 2.39. The fourth-order valence-corrected chi connectivity index (χ4v) is 2.63. The smallest absolute Gasteiger partial charge is 0.0213 e. The molecule has 0 radical (unpaired) electrons. The highest BCUT2D eigenvalue weighted by atomic mass is 14.4. The maximum absolute atomic E-state index is 3.43.